The first-order chi connectivity index (χ1) is 6.33. The lowest BCUT2D eigenvalue weighted by atomic mass is 10.3. The van der Waals surface area contributed by atoms with Crippen LogP contribution in [0.4, 0.5) is 0 Å². The lowest BCUT2D eigenvalue weighted by Crippen LogP contribution is -2.21. The molecule has 4 heteroatoms. The first kappa shape index (κ1) is 11.2. The molecular weight excluding hydrogens is 250 g/mol. The van der Waals surface area contributed by atoms with Crippen LogP contribution < -0.4 is 5.32 Å². The fraction of sp³-hybridized carbons (Fsp3) is 0.556. The predicted molar refractivity (Wildman–Crippen MR) is 60.5 cm³/mol. The van der Waals surface area contributed by atoms with Crippen molar-refractivity contribution in [3.8, 4) is 0 Å². The molecule has 13 heavy (non-hydrogen) atoms. The van der Waals surface area contributed by atoms with Gasteiger partial charge in [-0.1, -0.05) is 0 Å². The number of hydrogen-bond acceptors (Lipinski definition) is 3. The summed E-state index contributed by atoms with van der Waals surface area (Å²) in [5.41, 5.74) is 0. The Labute approximate surface area is 91.4 Å². The summed E-state index contributed by atoms with van der Waals surface area (Å²) < 4.78 is 6.12. The van der Waals surface area contributed by atoms with Crippen molar-refractivity contribution in [2.45, 2.75) is 6.42 Å². The molecule has 0 amide bonds. The Bertz CT molecular complexity index is 239. The smallest absolute Gasteiger partial charge is 0.0587 e. The number of halogens is 1. The Hall–Kier alpha value is 0.1000. The molecule has 74 valence electrons. The third kappa shape index (κ3) is 4.76. The van der Waals surface area contributed by atoms with Crippen LogP contribution >= 0.6 is 27.3 Å². The van der Waals surface area contributed by atoms with E-state index < -0.39 is 0 Å². The van der Waals surface area contributed by atoms with Gasteiger partial charge >= 0.3 is 0 Å². The summed E-state index contributed by atoms with van der Waals surface area (Å²) in [5.74, 6) is 0. The van der Waals surface area contributed by atoms with Crippen LogP contribution in [0.3, 0.4) is 0 Å². The standard InChI is InChI=1S/C9H14BrNOS/c1-12-5-4-11-3-2-9-6-8(10)7-13-9/h6-7,11H,2-5H2,1H3. The second-order valence-corrected chi connectivity index (χ2v) is 4.64. The second kappa shape index (κ2) is 6.54. The zero-order chi connectivity index (χ0) is 9.52. The molecule has 0 aliphatic rings. The molecule has 1 aromatic rings. The van der Waals surface area contributed by atoms with E-state index in [0.717, 1.165) is 26.1 Å². The van der Waals surface area contributed by atoms with Crippen molar-refractivity contribution in [3.63, 3.8) is 0 Å². The molecule has 0 saturated heterocycles. The van der Waals surface area contributed by atoms with Crippen molar-refractivity contribution in [2.75, 3.05) is 26.8 Å². The number of ether oxygens (including phenoxy) is 1. The third-order valence-corrected chi connectivity index (χ3v) is 3.41. The van der Waals surface area contributed by atoms with Gasteiger partial charge < -0.3 is 10.1 Å². The molecule has 0 spiro atoms. The van der Waals surface area contributed by atoms with E-state index in [1.54, 1.807) is 18.4 Å². The number of rotatable bonds is 6. The zero-order valence-electron chi connectivity index (χ0n) is 7.68. The van der Waals surface area contributed by atoms with Crippen molar-refractivity contribution in [3.05, 3.63) is 20.8 Å². The van der Waals surface area contributed by atoms with E-state index in [0.29, 0.717) is 0 Å². The van der Waals surface area contributed by atoms with Crippen LogP contribution in [0.5, 0.6) is 0 Å². The van der Waals surface area contributed by atoms with E-state index >= 15 is 0 Å². The highest BCUT2D eigenvalue weighted by molar-refractivity contribution is 9.10. The molecule has 0 aliphatic heterocycles. The van der Waals surface area contributed by atoms with Crippen LogP contribution in [-0.4, -0.2) is 26.8 Å². The molecule has 2 nitrogen and oxygen atoms in total. The Morgan fingerprint density at radius 3 is 3.00 bits per heavy atom. The lowest BCUT2D eigenvalue weighted by molar-refractivity contribution is 0.199. The topological polar surface area (TPSA) is 21.3 Å². The van der Waals surface area contributed by atoms with E-state index in [4.69, 9.17) is 4.74 Å². The van der Waals surface area contributed by atoms with E-state index in [1.807, 2.05) is 0 Å². The lowest BCUT2D eigenvalue weighted by Gasteiger charge is -2.01. The largest absolute Gasteiger partial charge is 0.383 e. The number of hydrogen-bond donors (Lipinski definition) is 1. The van der Waals surface area contributed by atoms with Gasteiger partial charge in [-0.25, -0.2) is 0 Å². The second-order valence-electron chi connectivity index (χ2n) is 2.72. The number of thiophene rings is 1. The van der Waals surface area contributed by atoms with Crippen LogP contribution in [-0.2, 0) is 11.2 Å². The highest BCUT2D eigenvalue weighted by Gasteiger charge is 1.96. The van der Waals surface area contributed by atoms with Gasteiger partial charge in [-0.15, -0.1) is 11.3 Å². The van der Waals surface area contributed by atoms with E-state index in [2.05, 4.69) is 32.7 Å². The molecule has 1 heterocycles. The average Bonchev–Trinajstić information content (AvgIpc) is 2.51. The van der Waals surface area contributed by atoms with E-state index in [1.165, 1.54) is 9.35 Å². The maximum Gasteiger partial charge on any atom is 0.0587 e. The van der Waals surface area contributed by atoms with Gasteiger partial charge in [-0.3, -0.25) is 0 Å². The molecule has 0 saturated carbocycles. The first-order valence-corrected chi connectivity index (χ1v) is 5.93. The minimum absolute atomic E-state index is 0.786. The van der Waals surface area contributed by atoms with Gasteiger partial charge in [0.05, 0.1) is 6.61 Å². The highest BCUT2D eigenvalue weighted by Crippen LogP contribution is 2.19. The molecule has 1 rings (SSSR count). The molecule has 0 atom stereocenters. The maximum absolute atomic E-state index is 4.93. The quantitative estimate of drug-likeness (QED) is 0.796. The van der Waals surface area contributed by atoms with Crippen LogP contribution in [0, 0.1) is 0 Å². The summed E-state index contributed by atoms with van der Waals surface area (Å²) in [7, 11) is 1.72. The minimum Gasteiger partial charge on any atom is -0.383 e. The van der Waals surface area contributed by atoms with Crippen LogP contribution in [0.25, 0.3) is 0 Å². The van der Waals surface area contributed by atoms with Crippen molar-refractivity contribution in [1.82, 2.24) is 5.32 Å². The van der Waals surface area contributed by atoms with Gasteiger partial charge in [0.2, 0.25) is 0 Å². The fourth-order valence-corrected chi connectivity index (χ4v) is 2.45. The molecule has 0 unspecified atom stereocenters. The van der Waals surface area contributed by atoms with E-state index in [-0.39, 0.29) is 0 Å². The van der Waals surface area contributed by atoms with Gasteiger partial charge in [0.1, 0.15) is 0 Å². The third-order valence-electron chi connectivity index (χ3n) is 1.65. The monoisotopic (exact) mass is 263 g/mol. The maximum atomic E-state index is 4.93. The van der Waals surface area contributed by atoms with Crippen molar-refractivity contribution < 1.29 is 4.74 Å². The van der Waals surface area contributed by atoms with Crippen molar-refractivity contribution in [2.24, 2.45) is 0 Å². The summed E-state index contributed by atoms with van der Waals surface area (Å²) in [6.45, 7) is 2.74. The first-order valence-electron chi connectivity index (χ1n) is 4.25. The molecule has 0 bridgehead atoms. The highest BCUT2D eigenvalue weighted by atomic mass is 79.9. The SMILES string of the molecule is COCCNCCc1cc(Br)cs1. The molecule has 1 N–H and O–H groups in total. The van der Waals surface area contributed by atoms with E-state index in [9.17, 15) is 0 Å². The average molecular weight is 264 g/mol. The van der Waals surface area contributed by atoms with Gasteiger partial charge in [0, 0.05) is 34.9 Å². The summed E-state index contributed by atoms with van der Waals surface area (Å²) in [6.07, 6.45) is 1.10. The summed E-state index contributed by atoms with van der Waals surface area (Å²) in [5, 5.41) is 5.43. The zero-order valence-corrected chi connectivity index (χ0v) is 10.1. The normalized spacial score (nSPS) is 10.6. The molecule has 0 fully saturated rings. The van der Waals surface area contributed by atoms with Gasteiger partial charge in [-0.05, 0) is 28.4 Å². The Morgan fingerprint density at radius 1 is 1.54 bits per heavy atom. The minimum atomic E-state index is 0.786. The summed E-state index contributed by atoms with van der Waals surface area (Å²) >= 11 is 5.23. The molecular formula is C9H14BrNOS. The summed E-state index contributed by atoms with van der Waals surface area (Å²) in [6, 6.07) is 2.17. The molecule has 1 aromatic heterocycles. The van der Waals surface area contributed by atoms with Crippen molar-refractivity contribution in [1.29, 1.82) is 0 Å². The van der Waals surface area contributed by atoms with Gasteiger partial charge in [0.25, 0.3) is 0 Å². The Balaban J connectivity index is 2.06. The van der Waals surface area contributed by atoms with Crippen LogP contribution in [0.2, 0.25) is 0 Å². The van der Waals surface area contributed by atoms with Crippen LogP contribution in [0.1, 0.15) is 4.88 Å². The van der Waals surface area contributed by atoms with Gasteiger partial charge in [0.15, 0.2) is 0 Å². The van der Waals surface area contributed by atoms with Gasteiger partial charge in [-0.2, -0.15) is 0 Å². The molecule has 0 radical (unpaired) electrons. The Kier molecular flexibility index (Phi) is 5.62. The van der Waals surface area contributed by atoms with Crippen LogP contribution in [0.15, 0.2) is 15.9 Å². The fourth-order valence-electron chi connectivity index (χ4n) is 0.996. The molecule has 0 aromatic carbocycles. The molecule has 0 aliphatic carbocycles. The predicted octanol–water partition coefficient (Wildman–Crippen LogP) is 2.29. The van der Waals surface area contributed by atoms with Crippen molar-refractivity contribution >= 4 is 27.3 Å². The Morgan fingerprint density at radius 2 is 2.38 bits per heavy atom. The number of nitrogens with one attached hydrogen (secondary N) is 1. The summed E-state index contributed by atoms with van der Waals surface area (Å²) in [4.78, 5) is 1.41. The number of methoxy groups -OCH3 is 1.